The fourth-order valence-corrected chi connectivity index (χ4v) is 2.69. The van der Waals surface area contributed by atoms with Crippen LogP contribution in [0.1, 0.15) is 16.8 Å². The topological polar surface area (TPSA) is 84.7 Å². The minimum Gasteiger partial charge on any atom is -0.299 e. The molecule has 0 saturated carbocycles. The molecule has 1 N–H and O–H groups in total. The Hall–Kier alpha value is -3.35. The molecule has 7 heteroatoms. The summed E-state index contributed by atoms with van der Waals surface area (Å²) in [4.78, 5) is 18.9. The lowest BCUT2D eigenvalue weighted by Gasteiger charge is -2.07. The molecule has 0 spiro atoms. The lowest BCUT2D eigenvalue weighted by Crippen LogP contribution is -2.15. The molecule has 0 radical (unpaired) electrons. The van der Waals surface area contributed by atoms with Crippen molar-refractivity contribution in [1.82, 2.24) is 20.3 Å². The second-order valence-corrected chi connectivity index (χ2v) is 5.79. The van der Waals surface area contributed by atoms with Crippen molar-refractivity contribution in [1.29, 1.82) is 0 Å². The highest BCUT2D eigenvalue weighted by atomic mass is 19.1. The predicted octanol–water partition coefficient (Wildman–Crippen LogP) is 3.01. The number of rotatable bonds is 3. The molecule has 4 rings (SSSR count). The average Bonchev–Trinajstić information content (AvgIpc) is 3.05. The average molecular weight is 336 g/mol. The van der Waals surface area contributed by atoms with E-state index in [1.807, 2.05) is 24.3 Å². The molecule has 0 atom stereocenters. The Morgan fingerprint density at radius 1 is 1.12 bits per heavy atom. The Labute approximate surface area is 141 Å². The van der Waals surface area contributed by atoms with Gasteiger partial charge in [0.2, 0.25) is 11.3 Å². The maximum absolute atomic E-state index is 13.5. The zero-order valence-corrected chi connectivity index (χ0v) is 13.3. The first-order valence-corrected chi connectivity index (χ1v) is 7.67. The highest BCUT2D eigenvalue weighted by molar-refractivity contribution is 5.65. The van der Waals surface area contributed by atoms with Crippen LogP contribution < -0.4 is 5.56 Å². The predicted molar refractivity (Wildman–Crippen MR) is 89.6 cm³/mol. The third-order valence-electron chi connectivity index (χ3n) is 4.00. The molecule has 4 aromatic rings. The molecule has 0 saturated heterocycles. The molecule has 6 nitrogen and oxygen atoms in total. The van der Waals surface area contributed by atoms with E-state index in [-0.39, 0.29) is 22.7 Å². The van der Waals surface area contributed by atoms with Crippen LogP contribution in [0.4, 0.5) is 4.39 Å². The van der Waals surface area contributed by atoms with Gasteiger partial charge in [0.15, 0.2) is 0 Å². The fraction of sp³-hybridized carbons (Fsp3) is 0.111. The van der Waals surface area contributed by atoms with Gasteiger partial charge in [0.1, 0.15) is 11.5 Å². The van der Waals surface area contributed by atoms with Crippen molar-refractivity contribution >= 4 is 11.3 Å². The molecule has 2 aromatic heterocycles. The third-order valence-corrected chi connectivity index (χ3v) is 4.00. The Morgan fingerprint density at radius 2 is 1.96 bits per heavy atom. The second-order valence-electron chi connectivity index (χ2n) is 5.79. The smallest absolute Gasteiger partial charge is 0.271 e. The van der Waals surface area contributed by atoms with Crippen molar-refractivity contribution in [2.45, 2.75) is 13.3 Å². The van der Waals surface area contributed by atoms with Gasteiger partial charge < -0.3 is 0 Å². The van der Waals surface area contributed by atoms with E-state index in [0.717, 1.165) is 16.7 Å². The number of H-pyrrole nitrogens is 1. The number of aryl methyl sites for hydroxylation is 1. The van der Waals surface area contributed by atoms with Gasteiger partial charge in [-0.15, -0.1) is 0 Å². The first-order chi connectivity index (χ1) is 12.1. The minimum atomic E-state index is -0.328. The van der Waals surface area contributed by atoms with Crippen LogP contribution in [0, 0.1) is 12.7 Å². The van der Waals surface area contributed by atoms with Gasteiger partial charge in [-0.3, -0.25) is 9.78 Å². The molecule has 25 heavy (non-hydrogen) atoms. The number of nitrogens with one attached hydrogen (secondary N) is 1. The fourth-order valence-electron chi connectivity index (χ4n) is 2.69. The molecular weight excluding hydrogens is 323 g/mol. The van der Waals surface area contributed by atoms with E-state index >= 15 is 0 Å². The number of hydrogen-bond donors (Lipinski definition) is 1. The molecule has 0 aliphatic heterocycles. The summed E-state index contributed by atoms with van der Waals surface area (Å²) < 4.78 is 18.0. The molecule has 0 aliphatic carbocycles. The van der Waals surface area contributed by atoms with Crippen LogP contribution in [0.3, 0.4) is 0 Å². The van der Waals surface area contributed by atoms with E-state index in [1.165, 1.54) is 6.07 Å². The van der Waals surface area contributed by atoms with Crippen LogP contribution in [0.5, 0.6) is 0 Å². The van der Waals surface area contributed by atoms with Crippen molar-refractivity contribution in [3.8, 4) is 11.1 Å². The summed E-state index contributed by atoms with van der Waals surface area (Å²) in [5.41, 5.74) is 3.85. The largest absolute Gasteiger partial charge is 0.299 e. The van der Waals surface area contributed by atoms with E-state index in [4.69, 9.17) is 0 Å². The zero-order chi connectivity index (χ0) is 17.4. The van der Waals surface area contributed by atoms with Gasteiger partial charge in [-0.1, -0.05) is 30.3 Å². The van der Waals surface area contributed by atoms with Crippen molar-refractivity contribution < 1.29 is 9.02 Å². The summed E-state index contributed by atoms with van der Waals surface area (Å²) in [7, 11) is 0. The van der Waals surface area contributed by atoms with Gasteiger partial charge >= 0.3 is 0 Å². The Morgan fingerprint density at radius 3 is 2.80 bits per heavy atom. The van der Waals surface area contributed by atoms with Crippen molar-refractivity contribution in [3.63, 3.8) is 0 Å². The summed E-state index contributed by atoms with van der Waals surface area (Å²) in [5, 5.41) is 7.20. The summed E-state index contributed by atoms with van der Waals surface area (Å²) in [6.45, 7) is 1.73. The monoisotopic (exact) mass is 336 g/mol. The van der Waals surface area contributed by atoms with Crippen LogP contribution in [-0.4, -0.2) is 20.3 Å². The van der Waals surface area contributed by atoms with Gasteiger partial charge in [0, 0.05) is 6.42 Å². The van der Waals surface area contributed by atoms with Crippen LogP contribution in [-0.2, 0) is 6.42 Å². The van der Waals surface area contributed by atoms with Crippen LogP contribution in [0.2, 0.25) is 0 Å². The zero-order valence-electron chi connectivity index (χ0n) is 13.3. The molecule has 124 valence electrons. The standard InChI is InChI=1S/C18H13FN4O2/c1-10-7-13(5-6-14(10)19)12-4-2-3-11(8-12)9-15-18(24)21-17-16(20-15)22-25-23-17/h2-8H,9H2,1H3,(H,21,23,24). The molecule has 2 aromatic carbocycles. The van der Waals surface area contributed by atoms with Gasteiger partial charge in [-0.2, -0.15) is 0 Å². The number of benzene rings is 2. The molecule has 0 amide bonds. The molecule has 0 unspecified atom stereocenters. The summed E-state index contributed by atoms with van der Waals surface area (Å²) in [6.07, 6.45) is 0.339. The molecule has 0 bridgehead atoms. The van der Waals surface area contributed by atoms with Crippen molar-refractivity contribution in [3.05, 3.63) is 75.5 Å². The first kappa shape index (κ1) is 15.2. The summed E-state index contributed by atoms with van der Waals surface area (Å²) >= 11 is 0. The molecule has 2 heterocycles. The maximum atomic E-state index is 13.5. The Balaban J connectivity index is 1.70. The van der Waals surface area contributed by atoms with Crippen molar-refractivity contribution in [2.24, 2.45) is 0 Å². The van der Waals surface area contributed by atoms with Crippen LogP contribution >= 0.6 is 0 Å². The van der Waals surface area contributed by atoms with Gasteiger partial charge in [0.25, 0.3) is 5.56 Å². The highest BCUT2D eigenvalue weighted by Gasteiger charge is 2.10. The second kappa shape index (κ2) is 5.94. The van der Waals surface area contributed by atoms with E-state index in [9.17, 15) is 9.18 Å². The number of halogens is 1. The normalized spacial score (nSPS) is 11.1. The third kappa shape index (κ3) is 2.91. The van der Waals surface area contributed by atoms with E-state index in [2.05, 4.69) is 24.9 Å². The van der Waals surface area contributed by atoms with E-state index in [0.29, 0.717) is 17.7 Å². The summed E-state index contributed by atoms with van der Waals surface area (Å²) in [6, 6.07) is 12.7. The van der Waals surface area contributed by atoms with Crippen molar-refractivity contribution in [2.75, 3.05) is 0 Å². The van der Waals surface area contributed by atoms with E-state index < -0.39 is 0 Å². The molecular formula is C18H13FN4O2. The lowest BCUT2D eigenvalue weighted by molar-refractivity contribution is 0.314. The molecule has 0 fully saturated rings. The minimum absolute atomic E-state index is 0.226. The van der Waals surface area contributed by atoms with E-state index in [1.54, 1.807) is 19.1 Å². The highest BCUT2D eigenvalue weighted by Crippen LogP contribution is 2.23. The number of fused-ring (bicyclic) bond motifs is 1. The van der Waals surface area contributed by atoms with Gasteiger partial charge in [0.05, 0.1) is 0 Å². The maximum Gasteiger partial charge on any atom is 0.271 e. The van der Waals surface area contributed by atoms with Gasteiger partial charge in [-0.25, -0.2) is 14.0 Å². The Bertz CT molecular complexity index is 1130. The summed E-state index contributed by atoms with van der Waals surface area (Å²) in [5.74, 6) is -0.231. The number of nitrogens with zero attached hydrogens (tertiary/aromatic N) is 3. The van der Waals surface area contributed by atoms with Crippen LogP contribution in [0.15, 0.2) is 51.9 Å². The van der Waals surface area contributed by atoms with Crippen LogP contribution in [0.25, 0.3) is 22.4 Å². The number of hydrogen-bond acceptors (Lipinski definition) is 5. The quantitative estimate of drug-likeness (QED) is 0.622. The first-order valence-electron chi connectivity index (χ1n) is 7.67. The SMILES string of the molecule is Cc1cc(-c2cccc(Cc3nc4nonc4[nH]c3=O)c2)ccc1F. The van der Waals surface area contributed by atoms with Gasteiger partial charge in [-0.05, 0) is 51.6 Å². The number of aromatic amines is 1. The number of aromatic nitrogens is 4. The Kier molecular flexibility index (Phi) is 3.61. The lowest BCUT2D eigenvalue weighted by atomic mass is 9.99. The molecule has 0 aliphatic rings.